The quantitative estimate of drug-likeness (QED) is 0.524. The van der Waals surface area contributed by atoms with Gasteiger partial charge in [-0.05, 0) is 23.3 Å². The van der Waals surface area contributed by atoms with Gasteiger partial charge in [0.1, 0.15) is 16.4 Å². The molecule has 0 saturated heterocycles. The van der Waals surface area contributed by atoms with Crippen LogP contribution >= 0.6 is 11.3 Å². The number of imidazole rings is 1. The Balaban J connectivity index is 1.89. The lowest BCUT2D eigenvalue weighted by atomic mass is 10.0. The topological polar surface area (TPSA) is 47.3 Å². The molecule has 5 heteroatoms. The standard InChI is InChI=1S/C18H15N3OS/c1-2-5-16-20-21-15(11-22)17(19-18(21)23-16)14-9-8-12-6-3-4-7-13(12)10-14/h3-4,6-11H,2,5H2,1H3. The summed E-state index contributed by atoms with van der Waals surface area (Å²) in [4.78, 5) is 17.0. The van der Waals surface area contributed by atoms with Crippen molar-refractivity contribution in [2.45, 2.75) is 19.8 Å². The Morgan fingerprint density at radius 3 is 2.78 bits per heavy atom. The van der Waals surface area contributed by atoms with E-state index in [0.717, 1.165) is 40.0 Å². The number of fused-ring (bicyclic) bond motifs is 2. The van der Waals surface area contributed by atoms with E-state index in [-0.39, 0.29) is 0 Å². The summed E-state index contributed by atoms with van der Waals surface area (Å²) in [6, 6.07) is 14.3. The van der Waals surface area contributed by atoms with Gasteiger partial charge in [0.25, 0.3) is 0 Å². The van der Waals surface area contributed by atoms with Gasteiger partial charge in [-0.1, -0.05) is 54.7 Å². The molecule has 2 aromatic heterocycles. The van der Waals surface area contributed by atoms with Crippen molar-refractivity contribution in [3.8, 4) is 11.3 Å². The van der Waals surface area contributed by atoms with Gasteiger partial charge in [-0.25, -0.2) is 4.98 Å². The van der Waals surface area contributed by atoms with Crippen LogP contribution in [0.4, 0.5) is 0 Å². The average molecular weight is 321 g/mol. The lowest BCUT2D eigenvalue weighted by Crippen LogP contribution is -1.95. The molecule has 0 bridgehead atoms. The zero-order valence-electron chi connectivity index (χ0n) is 12.7. The minimum absolute atomic E-state index is 0.522. The first-order valence-corrected chi connectivity index (χ1v) is 8.44. The molecule has 0 aliphatic carbocycles. The summed E-state index contributed by atoms with van der Waals surface area (Å²) in [5, 5.41) is 7.85. The van der Waals surface area contributed by atoms with Crippen molar-refractivity contribution in [2.24, 2.45) is 0 Å². The van der Waals surface area contributed by atoms with Crippen LogP contribution in [0.15, 0.2) is 42.5 Å². The Morgan fingerprint density at radius 2 is 2.00 bits per heavy atom. The highest BCUT2D eigenvalue weighted by atomic mass is 32.1. The van der Waals surface area contributed by atoms with Gasteiger partial charge in [0.2, 0.25) is 4.96 Å². The number of rotatable bonds is 4. The van der Waals surface area contributed by atoms with E-state index in [9.17, 15) is 4.79 Å². The van der Waals surface area contributed by atoms with Crippen LogP contribution in [0.3, 0.4) is 0 Å². The summed E-state index contributed by atoms with van der Waals surface area (Å²) in [6.07, 6.45) is 2.79. The SMILES string of the molecule is CCCc1nn2c(C=O)c(-c3ccc4ccccc4c3)nc2s1. The van der Waals surface area contributed by atoms with Gasteiger partial charge in [0.15, 0.2) is 6.29 Å². The molecule has 0 saturated carbocycles. The molecule has 0 unspecified atom stereocenters. The van der Waals surface area contributed by atoms with Gasteiger partial charge in [0.05, 0.1) is 0 Å². The molecule has 0 fully saturated rings. The first-order chi connectivity index (χ1) is 11.3. The minimum Gasteiger partial charge on any atom is -0.296 e. The molecule has 4 rings (SSSR count). The first kappa shape index (κ1) is 14.1. The Bertz CT molecular complexity index is 1020. The second-order valence-corrected chi connectivity index (χ2v) is 6.51. The molecule has 0 atom stereocenters. The van der Waals surface area contributed by atoms with Gasteiger partial charge in [-0.2, -0.15) is 9.61 Å². The number of carbonyl (C=O) groups is 1. The molecule has 0 amide bonds. The molecule has 0 aliphatic rings. The lowest BCUT2D eigenvalue weighted by molar-refractivity contribution is 0.111. The van der Waals surface area contributed by atoms with Crippen molar-refractivity contribution >= 4 is 33.4 Å². The molecule has 0 radical (unpaired) electrons. The Morgan fingerprint density at radius 1 is 1.17 bits per heavy atom. The third-order valence-electron chi connectivity index (χ3n) is 3.88. The van der Waals surface area contributed by atoms with Crippen molar-refractivity contribution in [3.63, 3.8) is 0 Å². The van der Waals surface area contributed by atoms with Crippen LogP contribution in [0.2, 0.25) is 0 Å². The predicted octanol–water partition coefficient (Wildman–Crippen LogP) is 4.38. The van der Waals surface area contributed by atoms with Crippen LogP contribution in [0.5, 0.6) is 0 Å². The Labute approximate surface area is 137 Å². The van der Waals surface area contributed by atoms with E-state index in [2.05, 4.69) is 41.3 Å². The molecule has 114 valence electrons. The number of aromatic nitrogens is 3. The number of carbonyl (C=O) groups excluding carboxylic acids is 1. The van der Waals surface area contributed by atoms with Crippen LogP contribution < -0.4 is 0 Å². The predicted molar refractivity (Wildman–Crippen MR) is 93.2 cm³/mol. The van der Waals surface area contributed by atoms with Crippen molar-refractivity contribution in [1.29, 1.82) is 0 Å². The molecule has 4 nitrogen and oxygen atoms in total. The van der Waals surface area contributed by atoms with Crippen molar-refractivity contribution in [3.05, 3.63) is 53.2 Å². The normalized spacial score (nSPS) is 11.3. The fourth-order valence-corrected chi connectivity index (χ4v) is 3.78. The summed E-state index contributed by atoms with van der Waals surface area (Å²) >= 11 is 1.55. The summed E-state index contributed by atoms with van der Waals surface area (Å²) in [5.41, 5.74) is 2.17. The summed E-state index contributed by atoms with van der Waals surface area (Å²) in [6.45, 7) is 2.12. The van der Waals surface area contributed by atoms with Crippen LogP contribution in [0.1, 0.15) is 28.8 Å². The molecule has 0 N–H and O–H groups in total. The molecule has 0 aliphatic heterocycles. The average Bonchev–Trinajstić information content (AvgIpc) is 3.11. The number of benzene rings is 2. The number of aryl methyl sites for hydroxylation is 1. The monoisotopic (exact) mass is 321 g/mol. The van der Waals surface area contributed by atoms with Gasteiger partial charge in [-0.15, -0.1) is 0 Å². The van der Waals surface area contributed by atoms with Crippen LogP contribution in [-0.4, -0.2) is 20.9 Å². The molecule has 4 aromatic rings. The Kier molecular flexibility index (Phi) is 3.42. The molecular weight excluding hydrogens is 306 g/mol. The highest BCUT2D eigenvalue weighted by molar-refractivity contribution is 7.16. The van der Waals surface area contributed by atoms with E-state index < -0.39 is 0 Å². The summed E-state index contributed by atoms with van der Waals surface area (Å²) in [7, 11) is 0. The van der Waals surface area contributed by atoms with Crippen molar-refractivity contribution in [2.75, 3.05) is 0 Å². The molecular formula is C18H15N3OS. The van der Waals surface area contributed by atoms with E-state index in [0.29, 0.717) is 11.4 Å². The zero-order chi connectivity index (χ0) is 15.8. The fraction of sp³-hybridized carbons (Fsp3) is 0.167. The lowest BCUT2D eigenvalue weighted by Gasteiger charge is -2.02. The Hall–Kier alpha value is -2.53. The second kappa shape index (κ2) is 5.59. The van der Waals surface area contributed by atoms with E-state index in [1.807, 2.05) is 18.2 Å². The van der Waals surface area contributed by atoms with E-state index >= 15 is 0 Å². The largest absolute Gasteiger partial charge is 0.296 e. The smallest absolute Gasteiger partial charge is 0.213 e. The zero-order valence-corrected chi connectivity index (χ0v) is 13.5. The number of aldehydes is 1. The highest BCUT2D eigenvalue weighted by Gasteiger charge is 2.17. The van der Waals surface area contributed by atoms with Crippen LogP contribution in [0, 0.1) is 0 Å². The maximum Gasteiger partial charge on any atom is 0.213 e. The number of nitrogens with zero attached hydrogens (tertiary/aromatic N) is 3. The van der Waals surface area contributed by atoms with E-state index in [4.69, 9.17) is 0 Å². The molecule has 0 spiro atoms. The minimum atomic E-state index is 0.522. The van der Waals surface area contributed by atoms with Crippen molar-refractivity contribution < 1.29 is 4.79 Å². The fourth-order valence-electron chi connectivity index (χ4n) is 2.77. The van der Waals surface area contributed by atoms with E-state index in [1.165, 1.54) is 5.39 Å². The molecule has 23 heavy (non-hydrogen) atoms. The maximum absolute atomic E-state index is 11.6. The highest BCUT2D eigenvalue weighted by Crippen LogP contribution is 2.28. The number of hydrogen-bond acceptors (Lipinski definition) is 4. The first-order valence-electron chi connectivity index (χ1n) is 7.63. The third-order valence-corrected chi connectivity index (χ3v) is 4.85. The van der Waals surface area contributed by atoms with Gasteiger partial charge >= 0.3 is 0 Å². The van der Waals surface area contributed by atoms with Crippen LogP contribution in [0.25, 0.3) is 27.0 Å². The van der Waals surface area contributed by atoms with Gasteiger partial charge in [-0.3, -0.25) is 4.79 Å². The van der Waals surface area contributed by atoms with Crippen LogP contribution in [-0.2, 0) is 6.42 Å². The summed E-state index contributed by atoms with van der Waals surface area (Å²) in [5.74, 6) is 0. The maximum atomic E-state index is 11.6. The second-order valence-electron chi connectivity index (χ2n) is 5.47. The number of hydrogen-bond donors (Lipinski definition) is 0. The van der Waals surface area contributed by atoms with Crippen molar-refractivity contribution in [1.82, 2.24) is 14.6 Å². The van der Waals surface area contributed by atoms with Gasteiger partial charge < -0.3 is 0 Å². The molecule has 2 heterocycles. The third kappa shape index (κ3) is 2.33. The van der Waals surface area contributed by atoms with E-state index in [1.54, 1.807) is 15.9 Å². The van der Waals surface area contributed by atoms with Gasteiger partial charge in [0, 0.05) is 12.0 Å². The summed E-state index contributed by atoms with van der Waals surface area (Å²) < 4.78 is 1.67. The molecule has 2 aromatic carbocycles.